The lowest BCUT2D eigenvalue weighted by Crippen LogP contribution is -2.48. The summed E-state index contributed by atoms with van der Waals surface area (Å²) in [4.78, 5) is 14.3. The summed E-state index contributed by atoms with van der Waals surface area (Å²) in [7, 11) is 1.79. The Morgan fingerprint density at radius 3 is 1.75 bits per heavy atom. The van der Waals surface area contributed by atoms with Crippen LogP contribution >= 0.6 is 0 Å². The molecule has 0 atom stereocenters. The van der Waals surface area contributed by atoms with Gasteiger partial charge in [-0.25, -0.2) is 4.79 Å². The lowest BCUT2D eigenvalue weighted by atomic mass is 9.72. The topological polar surface area (TPSA) is 38.8 Å². The van der Waals surface area contributed by atoms with Crippen molar-refractivity contribution in [2.24, 2.45) is 5.92 Å². The quantitative estimate of drug-likeness (QED) is 0.728. The number of benzene rings is 2. The van der Waals surface area contributed by atoms with Crippen molar-refractivity contribution in [3.63, 3.8) is 0 Å². The van der Waals surface area contributed by atoms with E-state index in [0.29, 0.717) is 13.1 Å². The number of ether oxygens (including phenoxy) is 2. The Morgan fingerprint density at radius 2 is 1.36 bits per heavy atom. The van der Waals surface area contributed by atoms with Gasteiger partial charge in [-0.1, -0.05) is 60.7 Å². The van der Waals surface area contributed by atoms with Gasteiger partial charge in [0.25, 0.3) is 0 Å². The van der Waals surface area contributed by atoms with Gasteiger partial charge in [-0.15, -0.1) is 0 Å². The maximum atomic E-state index is 12.5. The Hall–Kier alpha value is -2.33. The number of methoxy groups -OCH3 is 1. The van der Waals surface area contributed by atoms with E-state index < -0.39 is 11.2 Å². The van der Waals surface area contributed by atoms with Crippen LogP contribution in [-0.2, 0) is 15.1 Å². The van der Waals surface area contributed by atoms with Crippen molar-refractivity contribution in [1.29, 1.82) is 0 Å². The lowest BCUT2D eigenvalue weighted by Gasteiger charge is -2.44. The molecule has 0 radical (unpaired) electrons. The highest BCUT2D eigenvalue weighted by Gasteiger charge is 2.44. The molecule has 0 unspecified atom stereocenters. The molecule has 4 heteroatoms. The maximum absolute atomic E-state index is 12.5. The van der Waals surface area contributed by atoms with E-state index in [-0.39, 0.29) is 12.0 Å². The van der Waals surface area contributed by atoms with Crippen LogP contribution in [0.15, 0.2) is 60.7 Å². The van der Waals surface area contributed by atoms with Crippen molar-refractivity contribution < 1.29 is 14.3 Å². The zero-order valence-corrected chi connectivity index (χ0v) is 17.4. The van der Waals surface area contributed by atoms with E-state index in [0.717, 1.165) is 24.0 Å². The van der Waals surface area contributed by atoms with E-state index in [1.165, 1.54) is 0 Å². The second-order valence-electron chi connectivity index (χ2n) is 8.41. The highest BCUT2D eigenvalue weighted by atomic mass is 16.6. The van der Waals surface area contributed by atoms with E-state index >= 15 is 0 Å². The first-order valence-electron chi connectivity index (χ1n) is 10.0. The molecule has 3 rings (SSSR count). The predicted molar refractivity (Wildman–Crippen MR) is 111 cm³/mol. The number of piperidine rings is 1. The summed E-state index contributed by atoms with van der Waals surface area (Å²) in [5, 5.41) is 0. The number of carbonyl (C=O) groups is 1. The summed E-state index contributed by atoms with van der Waals surface area (Å²) in [6, 6.07) is 20.8. The summed E-state index contributed by atoms with van der Waals surface area (Å²) < 4.78 is 11.8. The summed E-state index contributed by atoms with van der Waals surface area (Å²) >= 11 is 0. The van der Waals surface area contributed by atoms with E-state index in [9.17, 15) is 4.79 Å². The number of hydrogen-bond acceptors (Lipinski definition) is 3. The van der Waals surface area contributed by atoms with Crippen LogP contribution in [0, 0.1) is 5.92 Å². The lowest BCUT2D eigenvalue weighted by molar-refractivity contribution is -0.0533. The van der Waals surface area contributed by atoms with Crippen LogP contribution in [0.1, 0.15) is 44.7 Å². The molecule has 1 aliphatic heterocycles. The van der Waals surface area contributed by atoms with Crippen LogP contribution < -0.4 is 0 Å². The van der Waals surface area contributed by atoms with Gasteiger partial charge in [0.2, 0.25) is 0 Å². The highest BCUT2D eigenvalue weighted by molar-refractivity contribution is 5.68. The Kier molecular flexibility index (Phi) is 6.09. The smallest absolute Gasteiger partial charge is 0.410 e. The Balaban J connectivity index is 1.87. The molecule has 0 N–H and O–H groups in total. The van der Waals surface area contributed by atoms with Crippen LogP contribution in [-0.4, -0.2) is 36.8 Å². The molecule has 0 saturated carbocycles. The molecule has 0 aliphatic carbocycles. The van der Waals surface area contributed by atoms with Crippen molar-refractivity contribution in [2.45, 2.75) is 44.8 Å². The minimum atomic E-state index is -0.525. The molecule has 0 spiro atoms. The third-order valence-corrected chi connectivity index (χ3v) is 5.45. The predicted octanol–water partition coefficient (Wildman–Crippen LogP) is 5.22. The molecule has 1 heterocycles. The van der Waals surface area contributed by atoms with Crippen molar-refractivity contribution in [1.82, 2.24) is 4.90 Å². The molecule has 2 aromatic rings. The van der Waals surface area contributed by atoms with Gasteiger partial charge in [0.1, 0.15) is 11.2 Å². The first-order chi connectivity index (χ1) is 13.4. The molecule has 0 aromatic heterocycles. The zero-order chi connectivity index (χ0) is 20.2. The fourth-order valence-electron chi connectivity index (χ4n) is 4.21. The molecule has 4 nitrogen and oxygen atoms in total. The van der Waals surface area contributed by atoms with E-state index in [1.807, 2.05) is 37.8 Å². The minimum Gasteiger partial charge on any atom is -0.444 e. The average Bonchev–Trinajstić information content (AvgIpc) is 2.70. The highest BCUT2D eigenvalue weighted by Crippen LogP contribution is 2.44. The summed E-state index contributed by atoms with van der Waals surface area (Å²) in [5.41, 5.74) is 1.31. The largest absolute Gasteiger partial charge is 0.444 e. The number of likely N-dealkylation sites (tertiary alicyclic amines) is 1. The van der Waals surface area contributed by atoms with E-state index in [1.54, 1.807) is 7.11 Å². The number of hydrogen-bond donors (Lipinski definition) is 0. The molecular weight excluding hydrogens is 350 g/mol. The van der Waals surface area contributed by atoms with Gasteiger partial charge >= 0.3 is 6.09 Å². The van der Waals surface area contributed by atoms with Gasteiger partial charge in [-0.2, -0.15) is 0 Å². The van der Waals surface area contributed by atoms with Crippen LogP contribution in [0.2, 0.25) is 0 Å². The molecule has 28 heavy (non-hydrogen) atoms. The minimum absolute atomic E-state index is 0.228. The molecule has 150 valence electrons. The van der Waals surface area contributed by atoms with Crippen molar-refractivity contribution in [2.75, 3.05) is 20.2 Å². The Labute approximate surface area is 168 Å². The van der Waals surface area contributed by atoms with Gasteiger partial charge in [0.15, 0.2) is 0 Å². The van der Waals surface area contributed by atoms with E-state index in [2.05, 4.69) is 48.5 Å². The normalized spacial score (nSPS) is 16.1. The van der Waals surface area contributed by atoms with Gasteiger partial charge in [0.05, 0.1) is 0 Å². The third kappa shape index (κ3) is 4.22. The Morgan fingerprint density at radius 1 is 0.893 bits per heavy atom. The van der Waals surface area contributed by atoms with Crippen LogP contribution in [0.5, 0.6) is 0 Å². The molecule has 2 aromatic carbocycles. The van der Waals surface area contributed by atoms with Crippen LogP contribution in [0.4, 0.5) is 4.79 Å². The van der Waals surface area contributed by atoms with Crippen LogP contribution in [0.25, 0.3) is 0 Å². The number of carbonyl (C=O) groups excluding carboxylic acids is 1. The summed E-state index contributed by atoms with van der Waals surface area (Å²) in [5.74, 6) is 0.265. The molecule has 1 saturated heterocycles. The molecule has 1 fully saturated rings. The van der Waals surface area contributed by atoms with Crippen molar-refractivity contribution in [3.05, 3.63) is 71.8 Å². The van der Waals surface area contributed by atoms with Gasteiger partial charge in [-0.3, -0.25) is 0 Å². The van der Waals surface area contributed by atoms with Crippen molar-refractivity contribution >= 4 is 6.09 Å². The van der Waals surface area contributed by atoms with Crippen molar-refractivity contribution in [3.8, 4) is 0 Å². The first-order valence-corrected chi connectivity index (χ1v) is 10.0. The molecular formula is C24H31NO3. The fourth-order valence-corrected chi connectivity index (χ4v) is 4.21. The standard InChI is InChI=1S/C24H31NO3/c1-23(2,3)28-22(26)25-17-15-21(16-18-25)24(27-4,19-11-7-5-8-12-19)20-13-9-6-10-14-20/h5-14,21H,15-18H2,1-4H3. The van der Waals surface area contributed by atoms with E-state index in [4.69, 9.17) is 9.47 Å². The second-order valence-corrected chi connectivity index (χ2v) is 8.41. The number of amides is 1. The number of rotatable bonds is 4. The second kappa shape index (κ2) is 8.36. The van der Waals surface area contributed by atoms with Gasteiger partial charge < -0.3 is 14.4 Å². The third-order valence-electron chi connectivity index (χ3n) is 5.45. The first kappa shape index (κ1) is 20.4. The SMILES string of the molecule is COC(c1ccccc1)(c1ccccc1)C1CCN(C(=O)OC(C)(C)C)CC1. The molecule has 1 amide bonds. The summed E-state index contributed by atoms with van der Waals surface area (Å²) in [6.07, 6.45) is 1.49. The molecule has 1 aliphatic rings. The summed E-state index contributed by atoms with van der Waals surface area (Å²) in [6.45, 7) is 7.05. The maximum Gasteiger partial charge on any atom is 0.410 e. The average molecular weight is 382 g/mol. The Bertz CT molecular complexity index is 720. The van der Waals surface area contributed by atoms with Gasteiger partial charge in [-0.05, 0) is 50.7 Å². The fraction of sp³-hybridized carbons (Fsp3) is 0.458. The number of nitrogens with zero attached hydrogens (tertiary/aromatic N) is 1. The van der Waals surface area contributed by atoms with Crippen LogP contribution in [0.3, 0.4) is 0 Å². The monoisotopic (exact) mass is 381 g/mol. The zero-order valence-electron chi connectivity index (χ0n) is 17.4. The molecule has 0 bridgehead atoms. The van der Waals surface area contributed by atoms with Gasteiger partial charge in [0, 0.05) is 20.2 Å².